The van der Waals surface area contributed by atoms with Crippen LogP contribution in [-0.2, 0) is 6.54 Å². The molecule has 3 aromatic rings. The van der Waals surface area contributed by atoms with Crippen LogP contribution in [0.3, 0.4) is 0 Å². The van der Waals surface area contributed by atoms with Crippen LogP contribution in [0.15, 0.2) is 42.5 Å². The number of benzene rings is 2. The fourth-order valence-corrected chi connectivity index (χ4v) is 2.65. The second-order valence-electron chi connectivity index (χ2n) is 4.81. The predicted molar refractivity (Wildman–Crippen MR) is 84.9 cm³/mol. The number of anilines is 1. The minimum Gasteiger partial charge on any atom is -0.398 e. The Hall–Kier alpha value is -2.00. The van der Waals surface area contributed by atoms with Crippen LogP contribution >= 0.6 is 11.6 Å². The maximum absolute atomic E-state index is 6.10. The number of aryl methyl sites for hydroxylation is 1. The Labute approximate surface area is 123 Å². The summed E-state index contributed by atoms with van der Waals surface area (Å²) in [5, 5.41) is 0.643. The number of hydrogen-bond acceptors (Lipinski definition) is 2. The highest BCUT2D eigenvalue weighted by Gasteiger charge is 2.14. The van der Waals surface area contributed by atoms with Gasteiger partial charge in [0.05, 0.1) is 11.0 Å². The topological polar surface area (TPSA) is 43.8 Å². The van der Waals surface area contributed by atoms with Crippen molar-refractivity contribution in [1.29, 1.82) is 0 Å². The minimum absolute atomic E-state index is 0.643. The molecule has 1 aromatic heterocycles. The average Bonchev–Trinajstić information content (AvgIpc) is 2.78. The summed E-state index contributed by atoms with van der Waals surface area (Å²) in [5.74, 6) is 0.905. The largest absolute Gasteiger partial charge is 0.398 e. The fourth-order valence-electron chi connectivity index (χ4n) is 2.47. The summed E-state index contributed by atoms with van der Waals surface area (Å²) < 4.78 is 2.22. The van der Waals surface area contributed by atoms with Crippen molar-refractivity contribution in [2.24, 2.45) is 0 Å². The molecule has 3 rings (SSSR count). The van der Waals surface area contributed by atoms with E-state index in [-0.39, 0.29) is 0 Å². The molecule has 0 atom stereocenters. The summed E-state index contributed by atoms with van der Waals surface area (Å²) in [4.78, 5) is 4.73. The lowest BCUT2D eigenvalue weighted by molar-refractivity contribution is 0.704. The molecule has 4 heteroatoms. The molecule has 0 spiro atoms. The van der Waals surface area contributed by atoms with E-state index in [0.717, 1.165) is 35.4 Å². The summed E-state index contributed by atoms with van der Waals surface area (Å²) in [6.07, 6.45) is 1.04. The van der Waals surface area contributed by atoms with E-state index in [4.69, 9.17) is 22.3 Å². The number of para-hydroxylation sites is 2. The van der Waals surface area contributed by atoms with Gasteiger partial charge in [0.2, 0.25) is 0 Å². The maximum atomic E-state index is 6.10. The molecular formula is C16H16ClN3. The molecule has 1 heterocycles. The van der Waals surface area contributed by atoms with E-state index in [1.54, 1.807) is 6.07 Å². The number of halogens is 1. The first-order valence-electron chi connectivity index (χ1n) is 6.71. The van der Waals surface area contributed by atoms with Gasteiger partial charge in [-0.3, -0.25) is 0 Å². The third kappa shape index (κ3) is 2.14. The summed E-state index contributed by atoms with van der Waals surface area (Å²) >= 11 is 5.98. The number of nitrogen functional groups attached to an aromatic ring is 1. The second-order valence-corrected chi connectivity index (χ2v) is 5.24. The molecule has 2 N–H and O–H groups in total. The molecule has 0 fully saturated rings. The van der Waals surface area contributed by atoms with Gasteiger partial charge < -0.3 is 10.3 Å². The summed E-state index contributed by atoms with van der Waals surface area (Å²) in [6, 6.07) is 13.7. The zero-order chi connectivity index (χ0) is 14.1. The molecule has 3 nitrogen and oxygen atoms in total. The lowest BCUT2D eigenvalue weighted by Crippen LogP contribution is -2.01. The van der Waals surface area contributed by atoms with Crippen LogP contribution in [0.25, 0.3) is 22.4 Å². The Morgan fingerprint density at radius 3 is 2.75 bits per heavy atom. The van der Waals surface area contributed by atoms with Crippen LogP contribution in [0.4, 0.5) is 5.69 Å². The Bertz CT molecular complexity index is 762. The van der Waals surface area contributed by atoms with Crippen LogP contribution < -0.4 is 5.73 Å². The van der Waals surface area contributed by atoms with Crippen molar-refractivity contribution >= 4 is 28.3 Å². The normalized spacial score (nSPS) is 11.1. The SMILES string of the molecule is CCCn1c(-c2ccc(Cl)cc2N)nc2ccccc21. The molecule has 0 unspecified atom stereocenters. The molecule has 0 aliphatic heterocycles. The van der Waals surface area contributed by atoms with E-state index >= 15 is 0 Å². The van der Waals surface area contributed by atoms with Gasteiger partial charge in [-0.05, 0) is 36.8 Å². The molecule has 2 aromatic carbocycles. The van der Waals surface area contributed by atoms with Gasteiger partial charge in [-0.25, -0.2) is 4.98 Å². The van der Waals surface area contributed by atoms with Crippen molar-refractivity contribution in [3.63, 3.8) is 0 Å². The van der Waals surface area contributed by atoms with E-state index in [1.807, 2.05) is 30.3 Å². The number of aromatic nitrogens is 2. The minimum atomic E-state index is 0.643. The average molecular weight is 286 g/mol. The van der Waals surface area contributed by atoms with Gasteiger partial charge >= 0.3 is 0 Å². The molecule has 0 saturated carbocycles. The first-order chi connectivity index (χ1) is 9.70. The molecule has 0 saturated heterocycles. The van der Waals surface area contributed by atoms with Crippen LogP contribution in [0, 0.1) is 0 Å². The summed E-state index contributed by atoms with van der Waals surface area (Å²) in [5.41, 5.74) is 9.82. The van der Waals surface area contributed by atoms with Crippen LogP contribution in [0.5, 0.6) is 0 Å². The number of nitrogens with zero attached hydrogens (tertiary/aromatic N) is 2. The van der Waals surface area contributed by atoms with Gasteiger partial charge in [0, 0.05) is 22.8 Å². The van der Waals surface area contributed by atoms with Crippen LogP contribution in [-0.4, -0.2) is 9.55 Å². The molecule has 0 aliphatic carbocycles. The Balaban J connectivity index is 2.26. The molecule has 102 valence electrons. The van der Waals surface area contributed by atoms with Gasteiger partial charge in [0.1, 0.15) is 5.82 Å². The van der Waals surface area contributed by atoms with Gasteiger partial charge in [-0.2, -0.15) is 0 Å². The number of imidazole rings is 1. The quantitative estimate of drug-likeness (QED) is 0.727. The van der Waals surface area contributed by atoms with Crippen molar-refractivity contribution in [2.45, 2.75) is 19.9 Å². The van der Waals surface area contributed by atoms with Crippen molar-refractivity contribution in [2.75, 3.05) is 5.73 Å². The Kier molecular flexibility index (Phi) is 3.36. The number of nitrogens with two attached hydrogens (primary N) is 1. The number of fused-ring (bicyclic) bond motifs is 1. The van der Waals surface area contributed by atoms with E-state index in [0.29, 0.717) is 10.7 Å². The maximum Gasteiger partial charge on any atom is 0.143 e. The fraction of sp³-hybridized carbons (Fsp3) is 0.188. The lowest BCUT2D eigenvalue weighted by Gasteiger charge is -2.10. The third-order valence-electron chi connectivity index (χ3n) is 3.36. The Morgan fingerprint density at radius 1 is 1.20 bits per heavy atom. The standard InChI is InChI=1S/C16H16ClN3/c1-2-9-20-15-6-4-3-5-14(15)19-16(20)12-8-7-11(17)10-13(12)18/h3-8,10H,2,9,18H2,1H3. The van der Waals surface area contributed by atoms with Crippen molar-refractivity contribution in [1.82, 2.24) is 9.55 Å². The van der Waals surface area contributed by atoms with Crippen molar-refractivity contribution < 1.29 is 0 Å². The molecular weight excluding hydrogens is 270 g/mol. The van der Waals surface area contributed by atoms with Crippen LogP contribution in [0.2, 0.25) is 5.02 Å². The molecule has 0 radical (unpaired) electrons. The van der Waals surface area contributed by atoms with E-state index in [2.05, 4.69) is 17.6 Å². The monoisotopic (exact) mass is 285 g/mol. The summed E-state index contributed by atoms with van der Waals surface area (Å²) in [6.45, 7) is 3.07. The summed E-state index contributed by atoms with van der Waals surface area (Å²) in [7, 11) is 0. The van der Waals surface area contributed by atoms with Gasteiger partial charge in [-0.1, -0.05) is 30.7 Å². The van der Waals surface area contributed by atoms with Gasteiger partial charge in [0.15, 0.2) is 0 Å². The van der Waals surface area contributed by atoms with Gasteiger partial charge in [0.25, 0.3) is 0 Å². The molecule has 0 amide bonds. The zero-order valence-corrected chi connectivity index (χ0v) is 12.1. The van der Waals surface area contributed by atoms with Gasteiger partial charge in [-0.15, -0.1) is 0 Å². The molecule has 0 aliphatic rings. The second kappa shape index (κ2) is 5.17. The Morgan fingerprint density at radius 2 is 2.00 bits per heavy atom. The van der Waals surface area contributed by atoms with E-state index < -0.39 is 0 Å². The lowest BCUT2D eigenvalue weighted by atomic mass is 10.1. The molecule has 0 bridgehead atoms. The number of rotatable bonds is 3. The zero-order valence-electron chi connectivity index (χ0n) is 11.3. The predicted octanol–water partition coefficient (Wildman–Crippen LogP) is 4.35. The highest BCUT2D eigenvalue weighted by molar-refractivity contribution is 6.31. The third-order valence-corrected chi connectivity index (χ3v) is 3.59. The first-order valence-corrected chi connectivity index (χ1v) is 7.09. The van der Waals surface area contributed by atoms with E-state index in [9.17, 15) is 0 Å². The smallest absolute Gasteiger partial charge is 0.143 e. The van der Waals surface area contributed by atoms with Crippen molar-refractivity contribution in [3.8, 4) is 11.4 Å². The van der Waals surface area contributed by atoms with E-state index in [1.165, 1.54) is 0 Å². The highest BCUT2D eigenvalue weighted by Crippen LogP contribution is 2.30. The molecule has 20 heavy (non-hydrogen) atoms. The first kappa shape index (κ1) is 13.0. The number of hydrogen-bond donors (Lipinski definition) is 1. The van der Waals surface area contributed by atoms with Crippen LogP contribution in [0.1, 0.15) is 13.3 Å². The highest BCUT2D eigenvalue weighted by atomic mass is 35.5. The van der Waals surface area contributed by atoms with Crippen molar-refractivity contribution in [3.05, 3.63) is 47.5 Å².